The predicted octanol–water partition coefficient (Wildman–Crippen LogP) is 3.88. The van der Waals surface area contributed by atoms with Crippen LogP contribution < -0.4 is 15.4 Å². The van der Waals surface area contributed by atoms with Crippen LogP contribution in [0.1, 0.15) is 35.8 Å². The maximum absolute atomic E-state index is 13.6. The van der Waals surface area contributed by atoms with Crippen LogP contribution in [0.5, 0.6) is 5.75 Å². The van der Waals surface area contributed by atoms with E-state index in [-0.39, 0.29) is 11.8 Å². The molecule has 40 heavy (non-hydrogen) atoms. The number of para-hydroxylation sites is 1. The van der Waals surface area contributed by atoms with E-state index < -0.39 is 5.41 Å². The van der Waals surface area contributed by atoms with Gasteiger partial charge in [-0.3, -0.25) is 9.59 Å². The van der Waals surface area contributed by atoms with Gasteiger partial charge in [-0.05, 0) is 25.0 Å². The minimum absolute atomic E-state index is 0.109. The fraction of sp³-hybridized carbons (Fsp3) is 0.300. The maximum Gasteiger partial charge on any atom is 0.270 e. The topological polar surface area (TPSA) is 136 Å². The fourth-order valence-electron chi connectivity index (χ4n) is 5.14. The highest BCUT2D eigenvalue weighted by Crippen LogP contribution is 2.40. The molecule has 0 radical (unpaired) electrons. The number of fused-ring (bicyclic) bond motifs is 1. The van der Waals surface area contributed by atoms with Gasteiger partial charge in [-0.25, -0.2) is 9.97 Å². The summed E-state index contributed by atoms with van der Waals surface area (Å²) in [5.74, 6) is 1.51. The molecule has 0 aliphatic carbocycles. The second-order valence-corrected chi connectivity index (χ2v) is 9.80. The number of anilines is 1. The molecule has 5 rings (SSSR count). The van der Waals surface area contributed by atoms with Crippen molar-refractivity contribution >= 4 is 28.7 Å². The fourth-order valence-corrected chi connectivity index (χ4v) is 5.14. The molecule has 2 aromatic heterocycles. The van der Waals surface area contributed by atoms with E-state index in [0.29, 0.717) is 73.1 Å². The summed E-state index contributed by atoms with van der Waals surface area (Å²) in [7, 11) is 1.60. The molecule has 2 amide bonds. The average Bonchev–Trinajstić information content (AvgIpc) is 3.44. The van der Waals surface area contributed by atoms with Crippen LogP contribution in [0, 0.1) is 11.3 Å². The van der Waals surface area contributed by atoms with Gasteiger partial charge in [0.2, 0.25) is 5.91 Å². The molecule has 10 nitrogen and oxygen atoms in total. The number of nitrogens with zero attached hydrogens (tertiary/aromatic N) is 4. The number of rotatable bonds is 8. The van der Waals surface area contributed by atoms with Crippen molar-refractivity contribution in [1.82, 2.24) is 25.2 Å². The van der Waals surface area contributed by atoms with Gasteiger partial charge in [-0.15, -0.1) is 0 Å². The maximum atomic E-state index is 13.6. The van der Waals surface area contributed by atoms with Crippen molar-refractivity contribution in [3.63, 3.8) is 0 Å². The number of nitriles is 1. The summed E-state index contributed by atoms with van der Waals surface area (Å²) in [6.45, 7) is 3.22. The molecule has 0 saturated carbocycles. The van der Waals surface area contributed by atoms with Crippen molar-refractivity contribution in [2.45, 2.75) is 25.2 Å². The van der Waals surface area contributed by atoms with Gasteiger partial charge in [0.05, 0.1) is 24.0 Å². The van der Waals surface area contributed by atoms with Crippen molar-refractivity contribution in [2.24, 2.45) is 0 Å². The summed E-state index contributed by atoms with van der Waals surface area (Å²) in [6, 6.07) is 21.5. The predicted molar refractivity (Wildman–Crippen MR) is 152 cm³/mol. The number of carbonyl (C=O) groups excluding carboxylic acids is 2. The Balaban J connectivity index is 1.40. The van der Waals surface area contributed by atoms with Crippen LogP contribution in [-0.2, 0) is 10.2 Å². The van der Waals surface area contributed by atoms with E-state index in [9.17, 15) is 14.9 Å². The van der Waals surface area contributed by atoms with Crippen LogP contribution in [0.25, 0.3) is 22.4 Å². The van der Waals surface area contributed by atoms with Gasteiger partial charge in [0, 0.05) is 44.2 Å². The highest BCUT2D eigenvalue weighted by atomic mass is 16.5. The van der Waals surface area contributed by atoms with E-state index in [1.807, 2.05) is 54.6 Å². The van der Waals surface area contributed by atoms with E-state index >= 15 is 0 Å². The summed E-state index contributed by atoms with van der Waals surface area (Å²) >= 11 is 0. The molecule has 0 unspecified atom stereocenters. The van der Waals surface area contributed by atoms with Gasteiger partial charge in [0.25, 0.3) is 5.91 Å². The number of likely N-dealkylation sites (tertiary alicyclic amines) is 1. The first-order chi connectivity index (χ1) is 19.4. The Morgan fingerprint density at radius 2 is 1.80 bits per heavy atom. The molecule has 1 aliphatic heterocycles. The molecule has 1 aliphatic rings. The highest BCUT2D eigenvalue weighted by molar-refractivity contribution is 6.00. The number of hydrogen-bond acceptors (Lipinski definition) is 7. The first-order valence-corrected chi connectivity index (χ1v) is 13.2. The number of carbonyl (C=O) groups is 2. The van der Waals surface area contributed by atoms with Gasteiger partial charge < -0.3 is 25.3 Å². The lowest BCUT2D eigenvalue weighted by Gasteiger charge is -2.38. The number of piperidine rings is 1. The summed E-state index contributed by atoms with van der Waals surface area (Å²) < 4.78 is 5.53. The molecule has 1 saturated heterocycles. The van der Waals surface area contributed by atoms with Crippen LogP contribution in [0.3, 0.4) is 0 Å². The standard InChI is InChI=1S/C30H31N7O3/c1-20(38)32-14-15-33-27-22-18-24(34-28(22)36-26(35-27)21-8-4-3-5-9-21)29(39)37-16-12-30(19-31,13-17-37)23-10-6-7-11-25(23)40-2/h3-11,18H,12-17H2,1-2H3,(H,32,38)(H2,33,34,35,36). The molecular formula is C30H31N7O3. The Labute approximate surface area is 232 Å². The molecule has 4 aromatic rings. The van der Waals surface area contributed by atoms with Crippen molar-refractivity contribution < 1.29 is 14.3 Å². The third-order valence-corrected chi connectivity index (χ3v) is 7.28. The van der Waals surface area contributed by atoms with Crippen LogP contribution in [-0.4, -0.2) is 65.0 Å². The molecule has 0 atom stereocenters. The Bertz CT molecular complexity index is 1570. The summed E-state index contributed by atoms with van der Waals surface area (Å²) in [5, 5.41) is 16.9. The quantitative estimate of drug-likeness (QED) is 0.290. The summed E-state index contributed by atoms with van der Waals surface area (Å²) in [5.41, 5.74) is 1.93. The lowest BCUT2D eigenvalue weighted by Crippen LogP contribution is -2.44. The van der Waals surface area contributed by atoms with E-state index in [0.717, 1.165) is 11.1 Å². The Morgan fingerprint density at radius 1 is 1.07 bits per heavy atom. The lowest BCUT2D eigenvalue weighted by molar-refractivity contribution is -0.118. The smallest absolute Gasteiger partial charge is 0.270 e. The van der Waals surface area contributed by atoms with Gasteiger partial charge in [-0.2, -0.15) is 5.26 Å². The van der Waals surface area contributed by atoms with Crippen molar-refractivity contribution in [2.75, 3.05) is 38.6 Å². The third-order valence-electron chi connectivity index (χ3n) is 7.28. The monoisotopic (exact) mass is 537 g/mol. The highest BCUT2D eigenvalue weighted by Gasteiger charge is 2.40. The average molecular weight is 538 g/mol. The van der Waals surface area contributed by atoms with E-state index in [1.165, 1.54) is 6.92 Å². The Hall–Kier alpha value is -4.91. The number of aromatic nitrogens is 3. The zero-order chi connectivity index (χ0) is 28.1. The van der Waals surface area contributed by atoms with Crippen molar-refractivity contribution in [3.8, 4) is 23.2 Å². The lowest BCUT2D eigenvalue weighted by atomic mass is 9.73. The molecule has 0 spiro atoms. The van der Waals surface area contributed by atoms with Gasteiger partial charge in [-0.1, -0.05) is 48.5 Å². The Kier molecular flexibility index (Phi) is 7.64. The summed E-state index contributed by atoms with van der Waals surface area (Å²) in [6.07, 6.45) is 1.01. The zero-order valence-corrected chi connectivity index (χ0v) is 22.5. The van der Waals surface area contributed by atoms with E-state index in [4.69, 9.17) is 14.7 Å². The zero-order valence-electron chi connectivity index (χ0n) is 22.5. The number of nitrogens with one attached hydrogen (secondary N) is 3. The second-order valence-electron chi connectivity index (χ2n) is 9.80. The number of amides is 2. The number of benzene rings is 2. The SMILES string of the molecule is COc1ccccc1C1(C#N)CCN(C(=O)c2cc3c(NCCNC(C)=O)nc(-c4ccccc4)nc3[nH]2)CC1. The molecule has 10 heteroatoms. The number of methoxy groups -OCH3 is 1. The van der Waals surface area contributed by atoms with E-state index in [1.54, 1.807) is 18.1 Å². The van der Waals surface area contributed by atoms with Crippen molar-refractivity contribution in [1.29, 1.82) is 5.26 Å². The van der Waals surface area contributed by atoms with Gasteiger partial charge in [0.1, 0.15) is 22.9 Å². The normalized spacial score (nSPS) is 14.4. The Morgan fingerprint density at radius 3 is 2.50 bits per heavy atom. The van der Waals surface area contributed by atoms with Crippen LogP contribution >= 0.6 is 0 Å². The summed E-state index contributed by atoms with van der Waals surface area (Å²) in [4.78, 5) is 39.3. The number of ether oxygens (including phenoxy) is 1. The number of aromatic amines is 1. The van der Waals surface area contributed by atoms with Crippen LogP contribution in [0.4, 0.5) is 5.82 Å². The molecule has 204 valence electrons. The van der Waals surface area contributed by atoms with Gasteiger partial charge >= 0.3 is 0 Å². The molecule has 2 aromatic carbocycles. The van der Waals surface area contributed by atoms with Crippen molar-refractivity contribution in [3.05, 3.63) is 71.9 Å². The molecule has 1 fully saturated rings. The second kappa shape index (κ2) is 11.5. The molecule has 0 bridgehead atoms. The van der Waals surface area contributed by atoms with Crippen LogP contribution in [0.15, 0.2) is 60.7 Å². The largest absolute Gasteiger partial charge is 0.496 e. The minimum Gasteiger partial charge on any atom is -0.496 e. The van der Waals surface area contributed by atoms with E-state index in [2.05, 4.69) is 21.7 Å². The first-order valence-electron chi connectivity index (χ1n) is 13.2. The molecule has 3 N–H and O–H groups in total. The minimum atomic E-state index is -0.717. The third kappa shape index (κ3) is 5.31. The first kappa shape index (κ1) is 26.7. The molecule has 3 heterocycles. The van der Waals surface area contributed by atoms with Gasteiger partial charge in [0.15, 0.2) is 5.82 Å². The van der Waals surface area contributed by atoms with Crippen LogP contribution in [0.2, 0.25) is 0 Å². The number of H-pyrrole nitrogens is 1. The number of hydrogen-bond donors (Lipinski definition) is 3. The molecular weight excluding hydrogens is 506 g/mol.